The lowest BCUT2D eigenvalue weighted by Gasteiger charge is -2.35. The van der Waals surface area contributed by atoms with Crippen LogP contribution in [-0.4, -0.2) is 19.9 Å². The molecule has 0 fully saturated rings. The topological polar surface area (TPSA) is 64.7 Å². The summed E-state index contributed by atoms with van der Waals surface area (Å²) in [6.45, 7) is 0. The molecule has 0 amide bonds. The van der Waals surface area contributed by atoms with Gasteiger partial charge in [-0.1, -0.05) is 158 Å². The molecular weight excluding hydrogens is 709 g/mol. The van der Waals surface area contributed by atoms with Crippen LogP contribution >= 0.6 is 0 Å². The molecule has 7 aromatic carbocycles. The van der Waals surface area contributed by atoms with Crippen LogP contribution in [0.25, 0.3) is 90.5 Å². The lowest BCUT2D eigenvalue weighted by Crippen LogP contribution is -2.30. The zero-order valence-electron chi connectivity index (χ0n) is 31.2. The van der Waals surface area contributed by atoms with Crippen molar-refractivity contribution >= 4 is 34.1 Å². The fraction of sp³-hybridized carbons (Fsp3) is 0.0189. The van der Waals surface area contributed by atoms with Crippen molar-refractivity contribution in [1.29, 1.82) is 0 Å². The van der Waals surface area contributed by atoms with Crippen molar-refractivity contribution in [3.8, 4) is 56.4 Å². The van der Waals surface area contributed by atoms with Gasteiger partial charge in [0.1, 0.15) is 11.2 Å². The molecule has 2 aliphatic rings. The minimum Gasteiger partial charge on any atom is -0.456 e. The molecule has 0 radical (unpaired) electrons. The fourth-order valence-corrected chi connectivity index (χ4v) is 9.33. The molecule has 5 heteroatoms. The predicted octanol–water partition coefficient (Wildman–Crippen LogP) is 12.7. The standard InChI is InChI=1S/C53H32N4O/c1-2-12-36(13-3-1)50-55-51(37-25-20-33(21-26-37)39-14-10-30-54-32-39)57-52(56-50)38-27-24-35-23-22-34-11-4-7-17-42(34)53(45(35)31-38)43-18-8-5-15-40(43)48-44(53)28-29-47-49(48)41-16-6-9-19-46(41)58-47/h1-32H. The molecule has 3 heterocycles. The molecule has 3 aromatic heterocycles. The van der Waals surface area contributed by atoms with Crippen LogP contribution in [-0.2, 0) is 5.41 Å². The van der Waals surface area contributed by atoms with Crippen LogP contribution in [0.15, 0.2) is 187 Å². The van der Waals surface area contributed by atoms with E-state index in [0.717, 1.165) is 55.3 Å². The predicted molar refractivity (Wildman–Crippen MR) is 233 cm³/mol. The largest absolute Gasteiger partial charge is 0.456 e. The number of hydrogen-bond donors (Lipinski definition) is 0. The van der Waals surface area contributed by atoms with E-state index in [9.17, 15) is 0 Å². The molecule has 0 N–H and O–H groups in total. The van der Waals surface area contributed by atoms with Crippen molar-refractivity contribution in [3.63, 3.8) is 0 Å². The van der Waals surface area contributed by atoms with Crippen LogP contribution < -0.4 is 0 Å². The van der Waals surface area contributed by atoms with Gasteiger partial charge in [0.25, 0.3) is 0 Å². The summed E-state index contributed by atoms with van der Waals surface area (Å²) in [5.41, 5.74) is 15.7. The molecule has 2 aliphatic carbocycles. The van der Waals surface area contributed by atoms with Crippen molar-refractivity contribution in [2.24, 2.45) is 0 Å². The van der Waals surface area contributed by atoms with E-state index in [1.165, 1.54) is 38.9 Å². The second-order valence-corrected chi connectivity index (χ2v) is 15.0. The van der Waals surface area contributed by atoms with E-state index in [-0.39, 0.29) is 0 Å². The summed E-state index contributed by atoms with van der Waals surface area (Å²) in [6.07, 6.45) is 8.19. The van der Waals surface area contributed by atoms with Crippen molar-refractivity contribution in [3.05, 3.63) is 216 Å². The van der Waals surface area contributed by atoms with E-state index in [1.807, 2.05) is 36.5 Å². The minimum absolute atomic E-state index is 0.613. The Labute approximate surface area is 334 Å². The van der Waals surface area contributed by atoms with Crippen LogP contribution in [0.5, 0.6) is 0 Å². The van der Waals surface area contributed by atoms with Gasteiger partial charge in [0.15, 0.2) is 17.5 Å². The number of furan rings is 1. The first kappa shape index (κ1) is 32.5. The molecule has 10 aromatic rings. The molecule has 0 saturated heterocycles. The second kappa shape index (κ2) is 12.6. The number of hydrogen-bond acceptors (Lipinski definition) is 5. The summed E-state index contributed by atoms with van der Waals surface area (Å²) in [7, 11) is 0. The molecule has 5 nitrogen and oxygen atoms in total. The molecule has 270 valence electrons. The van der Waals surface area contributed by atoms with Crippen molar-refractivity contribution < 1.29 is 4.42 Å². The summed E-state index contributed by atoms with van der Waals surface area (Å²) >= 11 is 0. The number of para-hydroxylation sites is 1. The Morgan fingerprint density at radius 3 is 1.86 bits per heavy atom. The third kappa shape index (κ3) is 4.77. The van der Waals surface area contributed by atoms with Crippen LogP contribution in [0.2, 0.25) is 0 Å². The summed E-state index contributed by atoms with van der Waals surface area (Å²) in [6, 6.07) is 59.8. The van der Waals surface area contributed by atoms with E-state index >= 15 is 0 Å². The highest BCUT2D eigenvalue weighted by Crippen LogP contribution is 2.61. The average molecular weight is 741 g/mol. The molecule has 0 aliphatic heterocycles. The van der Waals surface area contributed by atoms with Crippen LogP contribution in [0.4, 0.5) is 0 Å². The molecule has 1 spiro atoms. The van der Waals surface area contributed by atoms with Gasteiger partial charge in [-0.15, -0.1) is 0 Å². The van der Waals surface area contributed by atoms with Gasteiger partial charge in [0.2, 0.25) is 0 Å². The molecule has 0 saturated carbocycles. The third-order valence-electron chi connectivity index (χ3n) is 11.9. The molecule has 12 rings (SSSR count). The fourth-order valence-electron chi connectivity index (χ4n) is 9.33. The van der Waals surface area contributed by atoms with Crippen molar-refractivity contribution in [1.82, 2.24) is 19.9 Å². The van der Waals surface area contributed by atoms with Gasteiger partial charge in [-0.2, -0.15) is 0 Å². The second-order valence-electron chi connectivity index (χ2n) is 15.0. The molecule has 58 heavy (non-hydrogen) atoms. The first-order valence-electron chi connectivity index (χ1n) is 19.5. The summed E-state index contributed by atoms with van der Waals surface area (Å²) in [4.78, 5) is 19.8. The maximum atomic E-state index is 6.50. The lowest BCUT2D eigenvalue weighted by atomic mass is 9.65. The van der Waals surface area contributed by atoms with Gasteiger partial charge in [-0.25, -0.2) is 15.0 Å². The van der Waals surface area contributed by atoms with E-state index in [2.05, 4.69) is 157 Å². The molecule has 1 atom stereocenters. The SMILES string of the molecule is C1=Cc2ccc(-c3nc(-c4ccccc4)nc(-c4ccc(-c5cccnc5)cc4)n3)cc2C2(c3ccccc31)c1ccccc1-c1c2ccc2oc3ccccc3c12. The van der Waals surface area contributed by atoms with Gasteiger partial charge in [-0.3, -0.25) is 4.98 Å². The van der Waals surface area contributed by atoms with E-state index in [1.54, 1.807) is 6.20 Å². The Balaban J connectivity index is 1.12. The zero-order chi connectivity index (χ0) is 38.2. The lowest BCUT2D eigenvalue weighted by molar-refractivity contribution is 0.668. The Hall–Kier alpha value is -7.76. The Morgan fingerprint density at radius 2 is 1.05 bits per heavy atom. The van der Waals surface area contributed by atoms with Crippen molar-refractivity contribution in [2.75, 3.05) is 0 Å². The Kier molecular flexibility index (Phi) is 7.07. The van der Waals surface area contributed by atoms with Gasteiger partial charge in [0.05, 0.1) is 5.41 Å². The maximum Gasteiger partial charge on any atom is 0.164 e. The molecule has 1 unspecified atom stereocenters. The van der Waals surface area contributed by atoms with Crippen LogP contribution in [0, 0.1) is 0 Å². The van der Waals surface area contributed by atoms with Crippen LogP contribution in [0.3, 0.4) is 0 Å². The summed E-state index contributed by atoms with van der Waals surface area (Å²) in [5.74, 6) is 1.85. The minimum atomic E-state index is -0.649. The Bertz CT molecular complexity index is 3280. The van der Waals surface area contributed by atoms with Crippen molar-refractivity contribution in [2.45, 2.75) is 5.41 Å². The highest BCUT2D eigenvalue weighted by molar-refractivity contribution is 6.15. The van der Waals surface area contributed by atoms with Gasteiger partial charge >= 0.3 is 0 Å². The average Bonchev–Trinajstić information content (AvgIpc) is 3.77. The molecular formula is C53H32N4O. The van der Waals surface area contributed by atoms with Gasteiger partial charge in [0, 0.05) is 39.9 Å². The van der Waals surface area contributed by atoms with Gasteiger partial charge < -0.3 is 4.42 Å². The van der Waals surface area contributed by atoms with E-state index < -0.39 is 5.41 Å². The maximum absolute atomic E-state index is 6.50. The zero-order valence-corrected chi connectivity index (χ0v) is 31.2. The van der Waals surface area contributed by atoms with E-state index in [4.69, 9.17) is 19.4 Å². The highest BCUT2D eigenvalue weighted by atomic mass is 16.3. The Morgan fingerprint density at radius 1 is 0.414 bits per heavy atom. The number of rotatable bonds is 4. The van der Waals surface area contributed by atoms with E-state index in [0.29, 0.717) is 17.5 Å². The first-order chi connectivity index (χ1) is 28.7. The highest BCUT2D eigenvalue weighted by Gasteiger charge is 2.49. The monoisotopic (exact) mass is 740 g/mol. The normalized spacial score (nSPS) is 14.9. The number of benzene rings is 7. The molecule has 0 bridgehead atoms. The smallest absolute Gasteiger partial charge is 0.164 e. The van der Waals surface area contributed by atoms with Gasteiger partial charge in [-0.05, 0) is 79.9 Å². The first-order valence-corrected chi connectivity index (χ1v) is 19.5. The van der Waals surface area contributed by atoms with Crippen LogP contribution in [0.1, 0.15) is 33.4 Å². The quantitative estimate of drug-likeness (QED) is 0.180. The number of pyridine rings is 1. The summed E-state index contributed by atoms with van der Waals surface area (Å²) < 4.78 is 6.50. The number of fused-ring (bicyclic) bond motifs is 13. The number of nitrogens with zero attached hydrogens (tertiary/aromatic N) is 4. The number of aromatic nitrogens is 4. The third-order valence-corrected chi connectivity index (χ3v) is 11.9. The summed E-state index contributed by atoms with van der Waals surface area (Å²) in [5, 5.41) is 2.27.